The fourth-order valence-corrected chi connectivity index (χ4v) is 3.66. The van der Waals surface area contributed by atoms with E-state index in [1.807, 2.05) is 20.8 Å². The van der Waals surface area contributed by atoms with Crippen molar-refractivity contribution in [3.63, 3.8) is 0 Å². The summed E-state index contributed by atoms with van der Waals surface area (Å²) in [7, 11) is 0. The molecule has 2 heterocycles. The molecule has 2 aliphatic rings. The van der Waals surface area contributed by atoms with Crippen molar-refractivity contribution in [2.75, 3.05) is 13.1 Å². The number of nitrogens with one attached hydrogen (secondary N) is 1. The average Bonchev–Trinajstić information content (AvgIpc) is 3.01. The van der Waals surface area contributed by atoms with Crippen molar-refractivity contribution in [2.45, 2.75) is 44.8 Å². The summed E-state index contributed by atoms with van der Waals surface area (Å²) in [5.74, 6) is -0.698. The van der Waals surface area contributed by atoms with Gasteiger partial charge < -0.3 is 15.3 Å². The number of nitrogens with zero attached hydrogens (tertiary/aromatic N) is 2. The molecule has 1 aromatic carbocycles. The van der Waals surface area contributed by atoms with E-state index in [0.29, 0.717) is 24.1 Å². The highest BCUT2D eigenvalue weighted by Gasteiger charge is 2.42. The molecule has 0 saturated carbocycles. The predicted octanol–water partition coefficient (Wildman–Crippen LogP) is 1.79. The first-order valence-corrected chi connectivity index (χ1v) is 8.40. The largest absolute Gasteiger partial charge is 0.465 e. The predicted molar refractivity (Wildman–Crippen MR) is 91.6 cm³/mol. The maximum atomic E-state index is 12.5. The van der Waals surface area contributed by atoms with E-state index in [-0.39, 0.29) is 29.9 Å². The summed E-state index contributed by atoms with van der Waals surface area (Å²) in [6.07, 6.45) is -0.462. The molecule has 0 radical (unpaired) electrons. The third-order valence-corrected chi connectivity index (χ3v) is 4.57. The van der Waals surface area contributed by atoms with Crippen LogP contribution >= 0.6 is 0 Å². The minimum absolute atomic E-state index is 0.00344. The number of rotatable bonds is 3. The van der Waals surface area contributed by atoms with Gasteiger partial charge in [0.1, 0.15) is 0 Å². The third kappa shape index (κ3) is 3.37. The molecule has 1 fully saturated rings. The summed E-state index contributed by atoms with van der Waals surface area (Å²) in [6.45, 7) is 6.50. The molecule has 3 rings (SSSR count). The number of amides is 3. The lowest BCUT2D eigenvalue weighted by Gasteiger charge is -2.25. The van der Waals surface area contributed by atoms with Crippen molar-refractivity contribution in [3.8, 4) is 0 Å². The number of benzene rings is 1. The van der Waals surface area contributed by atoms with E-state index in [1.165, 1.54) is 9.80 Å². The van der Waals surface area contributed by atoms with Crippen LogP contribution in [0.4, 0.5) is 4.79 Å². The number of hydrogen-bond acceptors (Lipinski definition) is 4. The van der Waals surface area contributed by atoms with Gasteiger partial charge in [-0.3, -0.25) is 14.5 Å². The fraction of sp³-hybridized carbons (Fsp3) is 0.500. The molecule has 0 bridgehead atoms. The monoisotopic (exact) mass is 345 g/mol. The highest BCUT2D eigenvalue weighted by molar-refractivity contribution is 6.21. The molecule has 7 heteroatoms. The molecule has 1 saturated heterocycles. The molecule has 134 valence electrons. The van der Waals surface area contributed by atoms with Crippen molar-refractivity contribution < 1.29 is 19.5 Å². The summed E-state index contributed by atoms with van der Waals surface area (Å²) < 4.78 is 0. The molecule has 2 aliphatic heterocycles. The quantitative estimate of drug-likeness (QED) is 0.815. The Morgan fingerprint density at radius 3 is 2.24 bits per heavy atom. The number of carbonyl (C=O) groups is 3. The Bertz CT molecular complexity index is 690. The molecular weight excluding hydrogens is 322 g/mol. The normalized spacial score (nSPS) is 23.3. The van der Waals surface area contributed by atoms with E-state index < -0.39 is 12.1 Å². The zero-order chi connectivity index (χ0) is 18.4. The van der Waals surface area contributed by atoms with Crippen molar-refractivity contribution in [3.05, 3.63) is 35.4 Å². The van der Waals surface area contributed by atoms with Crippen LogP contribution < -0.4 is 5.32 Å². The third-order valence-electron chi connectivity index (χ3n) is 4.57. The minimum atomic E-state index is -1.03. The van der Waals surface area contributed by atoms with Gasteiger partial charge in [0.25, 0.3) is 11.8 Å². The zero-order valence-corrected chi connectivity index (χ0v) is 14.7. The maximum Gasteiger partial charge on any atom is 0.407 e. The molecule has 1 aromatic rings. The van der Waals surface area contributed by atoms with Gasteiger partial charge in [-0.1, -0.05) is 12.1 Å². The lowest BCUT2D eigenvalue weighted by molar-refractivity contribution is 0.0603. The molecule has 0 aromatic heterocycles. The number of imide groups is 1. The van der Waals surface area contributed by atoms with Crippen LogP contribution in [0.25, 0.3) is 0 Å². The Balaban J connectivity index is 1.76. The van der Waals surface area contributed by atoms with Gasteiger partial charge in [0, 0.05) is 24.7 Å². The van der Waals surface area contributed by atoms with Crippen molar-refractivity contribution in [2.24, 2.45) is 0 Å². The average molecular weight is 345 g/mol. The van der Waals surface area contributed by atoms with Gasteiger partial charge in [-0.25, -0.2) is 4.79 Å². The summed E-state index contributed by atoms with van der Waals surface area (Å²) >= 11 is 0. The van der Waals surface area contributed by atoms with Gasteiger partial charge in [-0.15, -0.1) is 0 Å². The zero-order valence-electron chi connectivity index (χ0n) is 14.7. The molecule has 0 spiro atoms. The highest BCUT2D eigenvalue weighted by Crippen LogP contribution is 2.26. The maximum absolute atomic E-state index is 12.5. The van der Waals surface area contributed by atoms with Crippen LogP contribution in [-0.2, 0) is 0 Å². The second-order valence-corrected chi connectivity index (χ2v) is 7.68. The Morgan fingerprint density at radius 2 is 1.76 bits per heavy atom. The number of carboxylic acid groups (broad SMARTS) is 1. The molecule has 2 N–H and O–H groups in total. The lowest BCUT2D eigenvalue weighted by atomic mass is 10.1. The Hall–Kier alpha value is -2.41. The number of hydrogen-bond donors (Lipinski definition) is 2. The summed E-state index contributed by atoms with van der Waals surface area (Å²) in [5.41, 5.74) is 0.632. The fourth-order valence-electron chi connectivity index (χ4n) is 3.66. The topological polar surface area (TPSA) is 90.0 Å². The first-order valence-electron chi connectivity index (χ1n) is 8.40. The minimum Gasteiger partial charge on any atom is -0.465 e. The van der Waals surface area contributed by atoms with Gasteiger partial charge in [0.15, 0.2) is 0 Å². The molecular formula is C18H23N3O4. The van der Waals surface area contributed by atoms with Gasteiger partial charge in [-0.2, -0.15) is 0 Å². The number of likely N-dealkylation sites (tertiary alicyclic amines) is 1. The smallest absolute Gasteiger partial charge is 0.407 e. The van der Waals surface area contributed by atoms with E-state index in [0.717, 1.165) is 0 Å². The van der Waals surface area contributed by atoms with Crippen LogP contribution in [0.3, 0.4) is 0 Å². The van der Waals surface area contributed by atoms with E-state index in [1.54, 1.807) is 24.3 Å². The molecule has 0 unspecified atom stereocenters. The Morgan fingerprint density at radius 1 is 1.20 bits per heavy atom. The van der Waals surface area contributed by atoms with E-state index in [4.69, 9.17) is 0 Å². The second-order valence-electron chi connectivity index (χ2n) is 7.68. The Labute approximate surface area is 146 Å². The van der Waals surface area contributed by atoms with Gasteiger partial charge in [0.05, 0.1) is 17.2 Å². The number of fused-ring (bicyclic) bond motifs is 1. The van der Waals surface area contributed by atoms with Gasteiger partial charge >= 0.3 is 6.09 Å². The van der Waals surface area contributed by atoms with Crippen LogP contribution in [0.15, 0.2) is 24.3 Å². The molecule has 3 amide bonds. The van der Waals surface area contributed by atoms with Gasteiger partial charge in [-0.05, 0) is 39.3 Å². The van der Waals surface area contributed by atoms with Crippen molar-refractivity contribution in [1.82, 2.24) is 15.1 Å². The highest BCUT2D eigenvalue weighted by atomic mass is 16.4. The summed E-state index contributed by atoms with van der Waals surface area (Å²) in [4.78, 5) is 39.1. The van der Waals surface area contributed by atoms with Crippen molar-refractivity contribution in [1.29, 1.82) is 0 Å². The first-order chi connectivity index (χ1) is 11.7. The summed E-state index contributed by atoms with van der Waals surface area (Å²) in [5, 5.41) is 12.9. The van der Waals surface area contributed by atoms with E-state index >= 15 is 0 Å². The second kappa shape index (κ2) is 6.15. The number of carbonyl (C=O) groups excluding carboxylic acids is 2. The van der Waals surface area contributed by atoms with Crippen LogP contribution in [0, 0.1) is 0 Å². The standard InChI is InChI=1S/C18H23N3O4/c1-18(2,3)19-11-8-12(20(9-11)17(24)25)10-21-15(22)13-6-4-5-7-14(13)16(21)23/h4-7,11-12,19H,8-10H2,1-3H3,(H,24,25)/t11-,12+/m1/s1. The molecule has 7 nitrogen and oxygen atoms in total. The van der Waals surface area contributed by atoms with Crippen molar-refractivity contribution >= 4 is 17.9 Å². The molecule has 2 atom stereocenters. The Kier molecular flexibility index (Phi) is 4.28. The molecule has 25 heavy (non-hydrogen) atoms. The van der Waals surface area contributed by atoms with E-state index in [9.17, 15) is 19.5 Å². The van der Waals surface area contributed by atoms with Crippen LogP contribution in [0.2, 0.25) is 0 Å². The first kappa shape index (κ1) is 17.4. The SMILES string of the molecule is CC(C)(C)N[C@@H]1C[C@@H](CN2C(=O)c3ccccc3C2=O)N(C(=O)O)C1. The van der Waals surface area contributed by atoms with Crippen LogP contribution in [0.5, 0.6) is 0 Å². The van der Waals surface area contributed by atoms with E-state index in [2.05, 4.69) is 5.32 Å². The van der Waals surface area contributed by atoms with Crippen LogP contribution in [0.1, 0.15) is 47.9 Å². The summed E-state index contributed by atoms with van der Waals surface area (Å²) in [6, 6.07) is 6.29. The van der Waals surface area contributed by atoms with Crippen LogP contribution in [-0.4, -0.2) is 63.5 Å². The lowest BCUT2D eigenvalue weighted by Crippen LogP contribution is -2.45. The molecule has 0 aliphatic carbocycles. The van der Waals surface area contributed by atoms with Gasteiger partial charge in [0.2, 0.25) is 0 Å².